The molecule has 0 radical (unpaired) electrons. The molecule has 1 fully saturated rings. The van der Waals surface area contributed by atoms with Gasteiger partial charge in [0, 0.05) is 6.04 Å². The van der Waals surface area contributed by atoms with Gasteiger partial charge in [-0.2, -0.15) is 11.8 Å². The summed E-state index contributed by atoms with van der Waals surface area (Å²) in [5, 5.41) is 3.92. The van der Waals surface area contributed by atoms with Gasteiger partial charge in [0.15, 0.2) is 0 Å². The molecule has 20 heavy (non-hydrogen) atoms. The van der Waals surface area contributed by atoms with Crippen molar-refractivity contribution >= 4 is 11.8 Å². The first kappa shape index (κ1) is 12.5. The standard InChI is InChI=1S/C18H19NS/c1-3-7-16-14(5-1)15-6-2-4-8-17(15)18(16)19-13-9-11-20-12-10-13/h1-8,13,18-19H,9-12H2. The smallest absolute Gasteiger partial charge is 0.0591 e. The first-order valence-corrected chi connectivity index (χ1v) is 8.61. The molecule has 2 aromatic carbocycles. The zero-order valence-electron chi connectivity index (χ0n) is 11.5. The number of rotatable bonds is 2. The molecular formula is C18H19NS. The van der Waals surface area contributed by atoms with E-state index in [1.54, 1.807) is 0 Å². The van der Waals surface area contributed by atoms with Crippen LogP contribution in [-0.4, -0.2) is 17.5 Å². The van der Waals surface area contributed by atoms with Gasteiger partial charge in [0.1, 0.15) is 0 Å². The van der Waals surface area contributed by atoms with E-state index in [-0.39, 0.29) is 0 Å². The molecule has 2 heteroatoms. The van der Waals surface area contributed by atoms with Gasteiger partial charge in [-0.05, 0) is 46.6 Å². The topological polar surface area (TPSA) is 12.0 Å². The Morgan fingerprint density at radius 1 is 0.800 bits per heavy atom. The average Bonchev–Trinajstić information content (AvgIpc) is 2.84. The van der Waals surface area contributed by atoms with E-state index < -0.39 is 0 Å². The fourth-order valence-electron chi connectivity index (χ4n) is 3.44. The Hall–Kier alpha value is -1.25. The third-order valence-electron chi connectivity index (χ3n) is 4.46. The van der Waals surface area contributed by atoms with Gasteiger partial charge in [-0.1, -0.05) is 48.5 Å². The molecule has 1 aliphatic carbocycles. The van der Waals surface area contributed by atoms with Crippen LogP contribution in [0.1, 0.15) is 30.0 Å². The van der Waals surface area contributed by atoms with Crippen molar-refractivity contribution in [3.05, 3.63) is 59.7 Å². The maximum Gasteiger partial charge on any atom is 0.0591 e. The summed E-state index contributed by atoms with van der Waals surface area (Å²) >= 11 is 2.09. The van der Waals surface area contributed by atoms with Gasteiger partial charge in [0.2, 0.25) is 0 Å². The van der Waals surface area contributed by atoms with Gasteiger partial charge in [-0.15, -0.1) is 0 Å². The molecule has 2 aliphatic rings. The molecule has 1 aliphatic heterocycles. The molecule has 0 unspecified atom stereocenters. The predicted molar refractivity (Wildman–Crippen MR) is 87.2 cm³/mol. The van der Waals surface area contributed by atoms with Crippen molar-refractivity contribution in [3.8, 4) is 11.1 Å². The molecule has 1 heterocycles. The Morgan fingerprint density at radius 2 is 1.35 bits per heavy atom. The molecule has 1 nitrogen and oxygen atoms in total. The maximum absolute atomic E-state index is 3.92. The monoisotopic (exact) mass is 281 g/mol. The lowest BCUT2D eigenvalue weighted by Crippen LogP contribution is -2.35. The van der Waals surface area contributed by atoms with Crippen LogP contribution in [0, 0.1) is 0 Å². The predicted octanol–water partition coefficient (Wildman–Crippen LogP) is 4.24. The Morgan fingerprint density at radius 3 is 1.95 bits per heavy atom. The van der Waals surface area contributed by atoms with Crippen LogP contribution in [0.4, 0.5) is 0 Å². The second-order valence-electron chi connectivity index (χ2n) is 5.66. The minimum Gasteiger partial charge on any atom is -0.303 e. The van der Waals surface area contributed by atoms with Crippen LogP contribution in [0.3, 0.4) is 0 Å². The molecular weight excluding hydrogens is 262 g/mol. The number of fused-ring (bicyclic) bond motifs is 3. The molecule has 102 valence electrons. The maximum atomic E-state index is 3.92. The third kappa shape index (κ3) is 2.07. The molecule has 0 atom stereocenters. The summed E-state index contributed by atoms with van der Waals surface area (Å²) in [4.78, 5) is 0. The molecule has 1 saturated heterocycles. The third-order valence-corrected chi connectivity index (χ3v) is 5.51. The average molecular weight is 281 g/mol. The first-order chi connectivity index (χ1) is 9.93. The summed E-state index contributed by atoms with van der Waals surface area (Å²) in [5.41, 5.74) is 5.72. The number of hydrogen-bond donors (Lipinski definition) is 1. The van der Waals surface area contributed by atoms with Crippen LogP contribution >= 0.6 is 11.8 Å². The molecule has 1 N–H and O–H groups in total. The van der Waals surface area contributed by atoms with Gasteiger partial charge in [0.05, 0.1) is 6.04 Å². The van der Waals surface area contributed by atoms with Crippen LogP contribution in [0.5, 0.6) is 0 Å². The minimum atomic E-state index is 0.385. The van der Waals surface area contributed by atoms with Crippen molar-refractivity contribution < 1.29 is 0 Å². The van der Waals surface area contributed by atoms with Crippen LogP contribution in [-0.2, 0) is 0 Å². The Bertz CT molecular complexity index is 571. The minimum absolute atomic E-state index is 0.385. The van der Waals surface area contributed by atoms with Crippen LogP contribution in [0.15, 0.2) is 48.5 Å². The van der Waals surface area contributed by atoms with Gasteiger partial charge < -0.3 is 5.32 Å². The zero-order chi connectivity index (χ0) is 13.4. The van der Waals surface area contributed by atoms with Crippen molar-refractivity contribution in [2.45, 2.75) is 24.9 Å². The van der Waals surface area contributed by atoms with Crippen molar-refractivity contribution in [3.63, 3.8) is 0 Å². The largest absolute Gasteiger partial charge is 0.303 e. The van der Waals surface area contributed by atoms with Crippen LogP contribution in [0.25, 0.3) is 11.1 Å². The van der Waals surface area contributed by atoms with Crippen molar-refractivity contribution in [2.75, 3.05) is 11.5 Å². The quantitative estimate of drug-likeness (QED) is 0.883. The Kier molecular flexibility index (Phi) is 3.29. The summed E-state index contributed by atoms with van der Waals surface area (Å²) in [7, 11) is 0. The second-order valence-corrected chi connectivity index (χ2v) is 6.89. The van der Waals surface area contributed by atoms with Crippen molar-refractivity contribution in [1.82, 2.24) is 5.32 Å². The van der Waals surface area contributed by atoms with E-state index in [2.05, 4.69) is 65.6 Å². The van der Waals surface area contributed by atoms with E-state index in [9.17, 15) is 0 Å². The molecule has 0 saturated carbocycles. The summed E-state index contributed by atoms with van der Waals surface area (Å²) in [6.07, 6.45) is 2.59. The van der Waals surface area contributed by atoms with E-state index in [4.69, 9.17) is 0 Å². The molecule has 0 bridgehead atoms. The number of hydrogen-bond acceptors (Lipinski definition) is 2. The highest BCUT2D eigenvalue weighted by molar-refractivity contribution is 7.99. The first-order valence-electron chi connectivity index (χ1n) is 7.45. The molecule has 2 aromatic rings. The lowest BCUT2D eigenvalue weighted by molar-refractivity contribution is 0.450. The van der Waals surface area contributed by atoms with Gasteiger partial charge in [-0.3, -0.25) is 0 Å². The lowest BCUT2D eigenvalue weighted by atomic mass is 10.0. The lowest BCUT2D eigenvalue weighted by Gasteiger charge is -2.27. The molecule has 4 rings (SSSR count). The fourth-order valence-corrected chi connectivity index (χ4v) is 4.54. The Labute approximate surface area is 124 Å². The van der Waals surface area contributed by atoms with Crippen molar-refractivity contribution in [1.29, 1.82) is 0 Å². The zero-order valence-corrected chi connectivity index (χ0v) is 12.3. The van der Waals surface area contributed by atoms with E-state index in [0.29, 0.717) is 12.1 Å². The SMILES string of the molecule is c1ccc2c(c1)-c1ccccc1C2NC1CCSCC1. The molecule has 0 amide bonds. The molecule has 0 aromatic heterocycles. The summed E-state index contributed by atoms with van der Waals surface area (Å²) in [6.45, 7) is 0. The highest BCUT2D eigenvalue weighted by atomic mass is 32.2. The van der Waals surface area contributed by atoms with Crippen molar-refractivity contribution in [2.24, 2.45) is 0 Å². The van der Waals surface area contributed by atoms with Crippen LogP contribution in [0.2, 0.25) is 0 Å². The molecule has 0 spiro atoms. The summed E-state index contributed by atoms with van der Waals surface area (Å²) in [6, 6.07) is 18.8. The summed E-state index contributed by atoms with van der Waals surface area (Å²) in [5.74, 6) is 2.60. The number of nitrogens with one attached hydrogen (secondary N) is 1. The van der Waals surface area contributed by atoms with Crippen LogP contribution < -0.4 is 5.32 Å². The van der Waals surface area contributed by atoms with E-state index >= 15 is 0 Å². The summed E-state index contributed by atoms with van der Waals surface area (Å²) < 4.78 is 0. The highest BCUT2D eigenvalue weighted by Crippen LogP contribution is 2.43. The highest BCUT2D eigenvalue weighted by Gasteiger charge is 2.29. The normalized spacial score (nSPS) is 18.8. The van der Waals surface area contributed by atoms with E-state index in [1.165, 1.54) is 46.6 Å². The van der Waals surface area contributed by atoms with E-state index in [0.717, 1.165) is 0 Å². The number of thioether (sulfide) groups is 1. The Balaban J connectivity index is 1.71. The second kappa shape index (κ2) is 5.27. The van der Waals surface area contributed by atoms with E-state index in [1.807, 2.05) is 0 Å². The number of benzene rings is 2. The van der Waals surface area contributed by atoms with Gasteiger partial charge in [-0.25, -0.2) is 0 Å². The van der Waals surface area contributed by atoms with Gasteiger partial charge >= 0.3 is 0 Å². The fraction of sp³-hybridized carbons (Fsp3) is 0.333. The van der Waals surface area contributed by atoms with Gasteiger partial charge in [0.25, 0.3) is 0 Å².